The lowest BCUT2D eigenvalue weighted by atomic mass is 10.0. The highest BCUT2D eigenvalue weighted by molar-refractivity contribution is 7.87. The Morgan fingerprint density at radius 2 is 1.56 bits per heavy atom. The number of nitrogens with zero attached hydrogens (tertiary/aromatic N) is 1. The van der Waals surface area contributed by atoms with E-state index in [0.717, 1.165) is 41.0 Å². The molecule has 0 spiro atoms. The molecule has 0 bridgehead atoms. The Hall–Kier alpha value is -3.19. The second-order valence-electron chi connectivity index (χ2n) is 6.14. The molecule has 138 valence electrons. The van der Waals surface area contributed by atoms with Crippen LogP contribution in [0.4, 0.5) is 5.69 Å². The number of nitro groups is 1. The van der Waals surface area contributed by atoms with Crippen molar-refractivity contribution in [2.45, 2.75) is 18.7 Å². The van der Waals surface area contributed by atoms with E-state index in [9.17, 15) is 18.5 Å². The second-order valence-corrected chi connectivity index (χ2v) is 7.68. The van der Waals surface area contributed by atoms with Crippen LogP contribution < -0.4 is 4.18 Å². The number of non-ortho nitro benzene ring substituents is 1. The van der Waals surface area contributed by atoms with Crippen molar-refractivity contribution < 1.29 is 17.5 Å². The Labute approximate surface area is 157 Å². The zero-order valence-electron chi connectivity index (χ0n) is 14.7. The van der Waals surface area contributed by atoms with Crippen LogP contribution in [0.25, 0.3) is 11.1 Å². The van der Waals surface area contributed by atoms with Crippen molar-refractivity contribution in [3.63, 3.8) is 0 Å². The van der Waals surface area contributed by atoms with E-state index in [2.05, 4.69) is 0 Å². The third-order valence-electron chi connectivity index (χ3n) is 4.06. The molecule has 0 aliphatic carbocycles. The normalized spacial score (nSPS) is 11.2. The van der Waals surface area contributed by atoms with Gasteiger partial charge in [0.05, 0.1) is 4.92 Å². The van der Waals surface area contributed by atoms with E-state index in [0.29, 0.717) is 5.56 Å². The van der Waals surface area contributed by atoms with E-state index < -0.39 is 15.0 Å². The fourth-order valence-electron chi connectivity index (χ4n) is 2.65. The number of aryl methyl sites for hydroxylation is 2. The molecule has 27 heavy (non-hydrogen) atoms. The minimum absolute atomic E-state index is 0.143. The molecule has 0 fully saturated rings. The third kappa shape index (κ3) is 4.15. The molecule has 3 rings (SSSR count). The fourth-order valence-corrected chi connectivity index (χ4v) is 3.64. The van der Waals surface area contributed by atoms with Crippen molar-refractivity contribution in [1.29, 1.82) is 0 Å². The summed E-state index contributed by atoms with van der Waals surface area (Å²) >= 11 is 0. The molecule has 7 heteroatoms. The molecule has 3 aromatic carbocycles. The van der Waals surface area contributed by atoms with Gasteiger partial charge in [-0.05, 0) is 54.8 Å². The summed E-state index contributed by atoms with van der Waals surface area (Å²) in [4.78, 5) is 9.96. The van der Waals surface area contributed by atoms with Gasteiger partial charge in [0.15, 0.2) is 0 Å². The fraction of sp³-hybridized carbons (Fsp3) is 0.100. The summed E-state index contributed by atoms with van der Waals surface area (Å²) in [5.41, 5.74) is 3.59. The monoisotopic (exact) mass is 383 g/mol. The van der Waals surface area contributed by atoms with E-state index in [1.165, 1.54) is 0 Å². The first kappa shape index (κ1) is 18.6. The van der Waals surface area contributed by atoms with E-state index >= 15 is 0 Å². The van der Waals surface area contributed by atoms with E-state index in [4.69, 9.17) is 4.18 Å². The van der Waals surface area contributed by atoms with Gasteiger partial charge >= 0.3 is 10.1 Å². The summed E-state index contributed by atoms with van der Waals surface area (Å²) in [5.74, 6) is 0.213. The Balaban J connectivity index is 1.87. The van der Waals surface area contributed by atoms with Crippen molar-refractivity contribution in [3.05, 3.63) is 88.0 Å². The van der Waals surface area contributed by atoms with Crippen LogP contribution in [0.5, 0.6) is 5.75 Å². The molecule has 6 nitrogen and oxygen atoms in total. The van der Waals surface area contributed by atoms with Gasteiger partial charge in [0.25, 0.3) is 5.69 Å². The van der Waals surface area contributed by atoms with Gasteiger partial charge in [-0.1, -0.05) is 35.9 Å². The van der Waals surface area contributed by atoms with Crippen molar-refractivity contribution in [1.82, 2.24) is 0 Å². The van der Waals surface area contributed by atoms with Gasteiger partial charge in [0, 0.05) is 12.1 Å². The van der Waals surface area contributed by atoms with Gasteiger partial charge in [-0.3, -0.25) is 10.1 Å². The molecule has 0 amide bonds. The summed E-state index contributed by atoms with van der Waals surface area (Å²) in [6.07, 6.45) is 0. The number of rotatable bonds is 5. The molecule has 0 atom stereocenters. The van der Waals surface area contributed by atoms with Crippen molar-refractivity contribution in [2.75, 3.05) is 0 Å². The summed E-state index contributed by atoms with van der Waals surface area (Å²) in [7, 11) is -4.09. The lowest BCUT2D eigenvalue weighted by Crippen LogP contribution is -2.10. The molecular weight excluding hydrogens is 366 g/mol. The number of benzene rings is 3. The number of hydrogen-bond donors (Lipinski definition) is 0. The molecule has 3 aromatic rings. The molecule has 0 unspecified atom stereocenters. The summed E-state index contributed by atoms with van der Waals surface area (Å²) in [6.45, 7) is 3.77. The lowest BCUT2D eigenvalue weighted by molar-refractivity contribution is -0.384. The van der Waals surface area contributed by atoms with Gasteiger partial charge in [-0.2, -0.15) is 8.42 Å². The van der Waals surface area contributed by atoms with Crippen LogP contribution in [0.3, 0.4) is 0 Å². The van der Waals surface area contributed by atoms with E-state index in [-0.39, 0.29) is 16.3 Å². The van der Waals surface area contributed by atoms with Crippen molar-refractivity contribution >= 4 is 15.8 Å². The van der Waals surface area contributed by atoms with Crippen molar-refractivity contribution in [2.24, 2.45) is 0 Å². The molecule has 0 N–H and O–H groups in total. The van der Waals surface area contributed by atoms with Crippen LogP contribution in [-0.4, -0.2) is 13.3 Å². The van der Waals surface area contributed by atoms with Gasteiger partial charge in [-0.25, -0.2) is 0 Å². The van der Waals surface area contributed by atoms with E-state index in [1.54, 1.807) is 19.1 Å². The SMILES string of the molecule is Cc1cccc(-c2ccc(OS(=O)(=O)c3ccc([N+](=O)[O-])cc3)c(C)c2)c1. The smallest absolute Gasteiger partial charge is 0.339 e. The molecular formula is C20H17NO5S. The predicted molar refractivity (Wildman–Crippen MR) is 102 cm³/mol. The zero-order valence-corrected chi connectivity index (χ0v) is 15.6. The molecule has 0 aliphatic rings. The third-order valence-corrected chi connectivity index (χ3v) is 5.31. The summed E-state index contributed by atoms with van der Waals surface area (Å²) < 4.78 is 30.1. The summed E-state index contributed by atoms with van der Waals surface area (Å²) in [5, 5.41) is 10.7. The van der Waals surface area contributed by atoms with Crippen LogP contribution in [0.1, 0.15) is 11.1 Å². The Morgan fingerprint density at radius 3 is 2.15 bits per heavy atom. The van der Waals surface area contributed by atoms with Crippen LogP contribution in [-0.2, 0) is 10.1 Å². The van der Waals surface area contributed by atoms with Crippen LogP contribution >= 0.6 is 0 Å². The Kier molecular flexibility index (Phi) is 4.96. The van der Waals surface area contributed by atoms with Gasteiger partial charge in [0.2, 0.25) is 0 Å². The molecule has 0 saturated heterocycles. The minimum atomic E-state index is -4.09. The highest BCUT2D eigenvalue weighted by Gasteiger charge is 2.19. The molecule has 0 radical (unpaired) electrons. The first-order chi connectivity index (χ1) is 12.8. The first-order valence-electron chi connectivity index (χ1n) is 8.13. The molecule has 0 aromatic heterocycles. The van der Waals surface area contributed by atoms with Crippen molar-refractivity contribution in [3.8, 4) is 16.9 Å². The summed E-state index contributed by atoms with van der Waals surface area (Å²) in [6, 6.07) is 17.8. The average Bonchev–Trinajstić information content (AvgIpc) is 2.63. The second kappa shape index (κ2) is 7.20. The molecule has 0 heterocycles. The van der Waals surface area contributed by atoms with Crippen LogP contribution in [0, 0.1) is 24.0 Å². The standard InChI is InChI=1S/C20H17NO5S/c1-14-4-3-5-16(12-14)17-6-11-20(15(2)13-17)26-27(24,25)19-9-7-18(8-10-19)21(22)23/h3-13H,1-2H3. The lowest BCUT2D eigenvalue weighted by Gasteiger charge is -2.11. The van der Waals surface area contributed by atoms with Crippen LogP contribution in [0.15, 0.2) is 71.6 Å². The van der Waals surface area contributed by atoms with Gasteiger partial charge in [0.1, 0.15) is 10.6 Å². The maximum Gasteiger partial charge on any atom is 0.339 e. The Bertz CT molecular complexity index is 1110. The van der Waals surface area contributed by atoms with Gasteiger partial charge in [-0.15, -0.1) is 0 Å². The molecule has 0 aliphatic heterocycles. The van der Waals surface area contributed by atoms with Gasteiger partial charge < -0.3 is 4.18 Å². The number of nitro benzene ring substituents is 1. The van der Waals surface area contributed by atoms with E-state index in [1.807, 2.05) is 37.3 Å². The number of hydrogen-bond acceptors (Lipinski definition) is 5. The highest BCUT2D eigenvalue weighted by atomic mass is 32.2. The topological polar surface area (TPSA) is 86.5 Å². The first-order valence-corrected chi connectivity index (χ1v) is 9.54. The maximum atomic E-state index is 12.4. The predicted octanol–water partition coefficient (Wildman–Crippen LogP) is 4.65. The largest absolute Gasteiger partial charge is 0.379 e. The Morgan fingerprint density at radius 1 is 0.889 bits per heavy atom. The minimum Gasteiger partial charge on any atom is -0.379 e. The maximum absolute atomic E-state index is 12.4. The highest BCUT2D eigenvalue weighted by Crippen LogP contribution is 2.29. The molecule has 0 saturated carbocycles. The average molecular weight is 383 g/mol. The zero-order chi connectivity index (χ0) is 19.6. The quantitative estimate of drug-likeness (QED) is 0.364. The van der Waals surface area contributed by atoms with Crippen LogP contribution in [0.2, 0.25) is 0 Å².